The molecule has 1 heterocycles. The Morgan fingerprint density at radius 2 is 1.92 bits per heavy atom. The van der Waals surface area contributed by atoms with E-state index in [2.05, 4.69) is 10.2 Å². The smallest absolute Gasteiger partial charge is 0.191 e. The summed E-state index contributed by atoms with van der Waals surface area (Å²) < 4.78 is 20.7. The topological polar surface area (TPSA) is 39.9 Å². The van der Waals surface area contributed by atoms with E-state index in [0.717, 1.165) is 22.3 Å². The minimum atomic E-state index is -0.340. The number of hydrogen-bond donors (Lipinski definition) is 0. The Balaban J connectivity index is 1.61. The molecule has 0 aliphatic heterocycles. The maximum atomic E-state index is 13.1. The molecule has 0 atom stereocenters. The Labute approximate surface area is 155 Å². The van der Waals surface area contributed by atoms with Crippen LogP contribution in [0.3, 0.4) is 0 Å². The first kappa shape index (κ1) is 17.8. The molecule has 0 saturated carbocycles. The van der Waals surface area contributed by atoms with Crippen molar-refractivity contribution in [2.24, 2.45) is 7.05 Å². The Morgan fingerprint density at radius 3 is 2.64 bits per heavy atom. The van der Waals surface area contributed by atoms with Crippen LogP contribution in [0.1, 0.15) is 17.0 Å². The van der Waals surface area contributed by atoms with Gasteiger partial charge in [0.25, 0.3) is 0 Å². The molecule has 7 heteroatoms. The van der Waals surface area contributed by atoms with Crippen molar-refractivity contribution < 1.29 is 9.13 Å². The van der Waals surface area contributed by atoms with Crippen LogP contribution >= 0.6 is 23.4 Å². The van der Waals surface area contributed by atoms with Crippen LogP contribution in [0.2, 0.25) is 5.02 Å². The van der Waals surface area contributed by atoms with Gasteiger partial charge in [0, 0.05) is 17.8 Å². The van der Waals surface area contributed by atoms with Crippen LogP contribution in [0.15, 0.2) is 47.6 Å². The number of aryl methyl sites for hydroxylation is 1. The monoisotopic (exact) mass is 377 g/mol. The molecule has 0 spiro atoms. The summed E-state index contributed by atoms with van der Waals surface area (Å²) in [6.45, 7) is 2.37. The van der Waals surface area contributed by atoms with Crippen molar-refractivity contribution in [2.45, 2.75) is 24.4 Å². The molecule has 3 rings (SSSR count). The van der Waals surface area contributed by atoms with Gasteiger partial charge >= 0.3 is 0 Å². The van der Waals surface area contributed by atoms with Gasteiger partial charge in [-0.1, -0.05) is 47.1 Å². The summed E-state index contributed by atoms with van der Waals surface area (Å²) in [5, 5.41) is 9.52. The van der Waals surface area contributed by atoms with Gasteiger partial charge in [-0.25, -0.2) is 4.39 Å². The third kappa shape index (κ3) is 4.52. The molecule has 0 aliphatic carbocycles. The lowest BCUT2D eigenvalue weighted by atomic mass is 10.2. The van der Waals surface area contributed by atoms with Gasteiger partial charge < -0.3 is 9.30 Å². The van der Waals surface area contributed by atoms with Gasteiger partial charge in [0.2, 0.25) is 0 Å². The van der Waals surface area contributed by atoms with Gasteiger partial charge in [-0.2, -0.15) is 0 Å². The molecule has 0 bridgehead atoms. The van der Waals surface area contributed by atoms with E-state index in [1.54, 1.807) is 6.07 Å². The number of ether oxygens (including phenoxy) is 1. The summed E-state index contributed by atoms with van der Waals surface area (Å²) in [6.07, 6.45) is 0. The zero-order valence-electron chi connectivity index (χ0n) is 13.9. The van der Waals surface area contributed by atoms with Crippen molar-refractivity contribution in [2.75, 3.05) is 0 Å². The molecule has 0 amide bonds. The van der Waals surface area contributed by atoms with Gasteiger partial charge in [0.15, 0.2) is 11.0 Å². The van der Waals surface area contributed by atoms with E-state index in [4.69, 9.17) is 16.3 Å². The average molecular weight is 378 g/mol. The Kier molecular flexibility index (Phi) is 5.60. The highest BCUT2D eigenvalue weighted by molar-refractivity contribution is 7.98. The van der Waals surface area contributed by atoms with Crippen molar-refractivity contribution >= 4 is 23.4 Å². The molecular formula is C18H17ClFN3OS. The predicted octanol–water partition coefficient (Wildman–Crippen LogP) is 4.79. The summed E-state index contributed by atoms with van der Waals surface area (Å²) in [5.74, 6) is 1.77. The first-order valence-corrected chi connectivity index (χ1v) is 9.04. The number of halogens is 2. The molecule has 1 aromatic heterocycles. The summed E-state index contributed by atoms with van der Waals surface area (Å²) >= 11 is 7.54. The summed E-state index contributed by atoms with van der Waals surface area (Å²) in [4.78, 5) is 0. The fourth-order valence-corrected chi connectivity index (χ4v) is 3.41. The summed E-state index contributed by atoms with van der Waals surface area (Å²) in [5.41, 5.74) is 2.04. The molecule has 0 unspecified atom stereocenters. The highest BCUT2D eigenvalue weighted by atomic mass is 35.5. The fraction of sp³-hybridized carbons (Fsp3) is 0.222. The predicted molar refractivity (Wildman–Crippen MR) is 97.5 cm³/mol. The van der Waals surface area contributed by atoms with E-state index in [1.165, 1.54) is 29.5 Å². The fourth-order valence-electron chi connectivity index (χ4n) is 2.16. The minimum Gasteiger partial charge on any atom is -0.486 e. The SMILES string of the molecule is Cc1ccc(OCc2nnc(SCc3ccc(F)cc3Cl)n2C)cc1. The molecule has 0 fully saturated rings. The van der Waals surface area contributed by atoms with E-state index in [1.807, 2.05) is 42.8 Å². The summed E-state index contributed by atoms with van der Waals surface area (Å²) in [7, 11) is 1.89. The maximum Gasteiger partial charge on any atom is 0.191 e. The molecule has 0 N–H and O–H groups in total. The number of nitrogens with zero attached hydrogens (tertiary/aromatic N) is 3. The maximum absolute atomic E-state index is 13.1. The van der Waals surface area contributed by atoms with Crippen molar-refractivity contribution in [3.8, 4) is 5.75 Å². The molecule has 0 radical (unpaired) electrons. The molecule has 25 heavy (non-hydrogen) atoms. The van der Waals surface area contributed by atoms with E-state index in [-0.39, 0.29) is 5.82 Å². The molecular weight excluding hydrogens is 361 g/mol. The standard InChI is InChI=1S/C18H17ClFN3OS/c1-12-3-7-15(8-4-12)24-10-17-21-22-18(23(17)2)25-11-13-5-6-14(20)9-16(13)19/h3-9H,10-11H2,1-2H3. The molecule has 0 aliphatic rings. The molecule has 3 aromatic rings. The molecule has 4 nitrogen and oxygen atoms in total. The quantitative estimate of drug-likeness (QED) is 0.579. The van der Waals surface area contributed by atoms with Gasteiger partial charge in [0.1, 0.15) is 18.2 Å². The van der Waals surface area contributed by atoms with Crippen molar-refractivity contribution in [3.63, 3.8) is 0 Å². The number of benzene rings is 2. The Morgan fingerprint density at radius 1 is 1.16 bits per heavy atom. The van der Waals surface area contributed by atoms with Crippen molar-refractivity contribution in [1.82, 2.24) is 14.8 Å². The van der Waals surface area contributed by atoms with Crippen LogP contribution in [0, 0.1) is 12.7 Å². The number of thioether (sulfide) groups is 1. The second kappa shape index (κ2) is 7.89. The van der Waals surface area contributed by atoms with Crippen molar-refractivity contribution in [3.05, 3.63) is 70.3 Å². The van der Waals surface area contributed by atoms with Crippen LogP contribution in [-0.4, -0.2) is 14.8 Å². The van der Waals surface area contributed by atoms with Crippen LogP contribution in [0.4, 0.5) is 4.39 Å². The van der Waals surface area contributed by atoms with Crippen LogP contribution in [-0.2, 0) is 19.4 Å². The van der Waals surface area contributed by atoms with E-state index >= 15 is 0 Å². The lowest BCUT2D eigenvalue weighted by Gasteiger charge is -2.07. The third-order valence-electron chi connectivity index (χ3n) is 3.69. The number of aromatic nitrogens is 3. The van der Waals surface area contributed by atoms with Gasteiger partial charge in [0.05, 0.1) is 0 Å². The zero-order chi connectivity index (χ0) is 17.8. The lowest BCUT2D eigenvalue weighted by molar-refractivity contribution is 0.290. The Bertz CT molecular complexity index is 867. The average Bonchev–Trinajstić information content (AvgIpc) is 2.94. The third-order valence-corrected chi connectivity index (χ3v) is 5.11. The van der Waals surface area contributed by atoms with Gasteiger partial charge in [-0.05, 0) is 36.8 Å². The highest BCUT2D eigenvalue weighted by Gasteiger charge is 2.11. The number of rotatable bonds is 6. The number of hydrogen-bond acceptors (Lipinski definition) is 4. The second-order valence-electron chi connectivity index (χ2n) is 5.58. The van der Waals surface area contributed by atoms with Gasteiger partial charge in [-0.15, -0.1) is 10.2 Å². The molecule has 2 aromatic carbocycles. The first-order chi connectivity index (χ1) is 12.0. The van der Waals surface area contributed by atoms with Gasteiger partial charge in [-0.3, -0.25) is 0 Å². The lowest BCUT2D eigenvalue weighted by Crippen LogP contribution is -2.04. The second-order valence-corrected chi connectivity index (χ2v) is 6.93. The zero-order valence-corrected chi connectivity index (χ0v) is 15.4. The van der Waals surface area contributed by atoms with Crippen LogP contribution in [0.25, 0.3) is 0 Å². The van der Waals surface area contributed by atoms with Crippen LogP contribution in [0.5, 0.6) is 5.75 Å². The molecule has 130 valence electrons. The molecule has 0 saturated heterocycles. The van der Waals surface area contributed by atoms with E-state index in [0.29, 0.717) is 17.4 Å². The summed E-state index contributed by atoms with van der Waals surface area (Å²) in [6, 6.07) is 12.3. The minimum absolute atomic E-state index is 0.338. The highest BCUT2D eigenvalue weighted by Crippen LogP contribution is 2.26. The van der Waals surface area contributed by atoms with Crippen LogP contribution < -0.4 is 4.74 Å². The normalized spacial score (nSPS) is 10.9. The Hall–Kier alpha value is -2.05. The van der Waals surface area contributed by atoms with Crippen molar-refractivity contribution in [1.29, 1.82) is 0 Å². The van der Waals surface area contributed by atoms with E-state index < -0.39 is 0 Å². The first-order valence-electron chi connectivity index (χ1n) is 7.67. The van der Waals surface area contributed by atoms with E-state index in [9.17, 15) is 4.39 Å². The largest absolute Gasteiger partial charge is 0.486 e.